The summed E-state index contributed by atoms with van der Waals surface area (Å²) in [6.07, 6.45) is 0. The van der Waals surface area contributed by atoms with Gasteiger partial charge in [-0.25, -0.2) is 0 Å². The van der Waals surface area contributed by atoms with E-state index in [1.807, 2.05) is 20.9 Å². The normalized spacial score (nSPS) is 13.5. The summed E-state index contributed by atoms with van der Waals surface area (Å²) in [5.74, 6) is 0. The van der Waals surface area contributed by atoms with Gasteiger partial charge in [0.05, 0.1) is 5.69 Å². The van der Waals surface area contributed by atoms with Crippen molar-refractivity contribution >= 4 is 0 Å². The summed E-state index contributed by atoms with van der Waals surface area (Å²) in [5.41, 5.74) is 3.53. The molecule has 0 fully saturated rings. The van der Waals surface area contributed by atoms with E-state index >= 15 is 0 Å². The molecule has 11 heavy (non-hydrogen) atoms. The molecular weight excluding hydrogens is 138 g/mol. The first kappa shape index (κ1) is 8.27. The Morgan fingerprint density at radius 3 is 2.45 bits per heavy atom. The molecule has 1 rings (SSSR count). The Labute approximate surface area is 67.2 Å². The Balaban J connectivity index is 3.00. The molecule has 1 atom stereocenters. The first-order chi connectivity index (χ1) is 5.16. The van der Waals surface area contributed by atoms with Gasteiger partial charge in [-0.15, -0.1) is 0 Å². The van der Waals surface area contributed by atoms with Crippen LogP contribution in [0.15, 0.2) is 0 Å². The minimum Gasteiger partial charge on any atom is -0.313 e. The van der Waals surface area contributed by atoms with Crippen LogP contribution >= 0.6 is 0 Å². The smallest absolute Gasteiger partial charge is 0.0641 e. The zero-order valence-corrected chi connectivity index (χ0v) is 7.52. The van der Waals surface area contributed by atoms with Gasteiger partial charge < -0.3 is 5.32 Å². The lowest BCUT2D eigenvalue weighted by atomic mass is 10.1. The molecule has 2 N–H and O–H groups in total. The standard InChI is InChI=1S/C8H15N3/c1-5(9-4)8-6(2)10-11-7(8)3/h5,9H,1-4H3,(H,10,11)/t5-/m1/s1. The van der Waals surface area contributed by atoms with Crippen LogP contribution in [-0.4, -0.2) is 17.2 Å². The predicted octanol–water partition coefficient (Wildman–Crippen LogP) is 1.31. The lowest BCUT2D eigenvalue weighted by Crippen LogP contribution is -2.13. The number of nitrogens with one attached hydrogen (secondary N) is 2. The Bertz CT molecular complexity index is 220. The van der Waals surface area contributed by atoms with Gasteiger partial charge in [0.2, 0.25) is 0 Å². The van der Waals surface area contributed by atoms with Crippen molar-refractivity contribution in [3.63, 3.8) is 0 Å². The van der Waals surface area contributed by atoms with E-state index < -0.39 is 0 Å². The monoisotopic (exact) mass is 153 g/mol. The zero-order valence-electron chi connectivity index (χ0n) is 7.52. The number of aromatic nitrogens is 2. The van der Waals surface area contributed by atoms with Crippen molar-refractivity contribution in [2.45, 2.75) is 26.8 Å². The van der Waals surface area contributed by atoms with Gasteiger partial charge in [-0.2, -0.15) is 5.10 Å². The average Bonchev–Trinajstić information content (AvgIpc) is 2.30. The van der Waals surface area contributed by atoms with E-state index in [0.29, 0.717) is 6.04 Å². The van der Waals surface area contributed by atoms with Crippen molar-refractivity contribution in [2.75, 3.05) is 7.05 Å². The van der Waals surface area contributed by atoms with Gasteiger partial charge in [0.25, 0.3) is 0 Å². The zero-order chi connectivity index (χ0) is 8.43. The van der Waals surface area contributed by atoms with Crippen molar-refractivity contribution in [3.8, 4) is 0 Å². The molecule has 0 bridgehead atoms. The summed E-state index contributed by atoms with van der Waals surface area (Å²) in [6, 6.07) is 0.383. The fourth-order valence-electron chi connectivity index (χ4n) is 1.34. The molecule has 3 nitrogen and oxygen atoms in total. The molecule has 0 aliphatic heterocycles. The molecule has 0 radical (unpaired) electrons. The maximum absolute atomic E-state index is 4.12. The van der Waals surface area contributed by atoms with E-state index in [1.54, 1.807) is 0 Å². The van der Waals surface area contributed by atoms with Gasteiger partial charge in [0, 0.05) is 17.3 Å². The van der Waals surface area contributed by atoms with Crippen LogP contribution in [0.4, 0.5) is 0 Å². The Hall–Kier alpha value is -0.830. The average molecular weight is 153 g/mol. The van der Waals surface area contributed by atoms with Crippen LogP contribution in [0.5, 0.6) is 0 Å². The van der Waals surface area contributed by atoms with E-state index in [2.05, 4.69) is 22.4 Å². The van der Waals surface area contributed by atoms with E-state index in [-0.39, 0.29) is 0 Å². The quantitative estimate of drug-likeness (QED) is 0.672. The van der Waals surface area contributed by atoms with Gasteiger partial charge in [-0.1, -0.05) is 0 Å². The molecule has 1 heterocycles. The summed E-state index contributed by atoms with van der Waals surface area (Å²) in [5, 5.41) is 10.3. The minimum atomic E-state index is 0.383. The third-order valence-electron chi connectivity index (χ3n) is 2.05. The van der Waals surface area contributed by atoms with Crippen LogP contribution in [0.25, 0.3) is 0 Å². The van der Waals surface area contributed by atoms with Crippen molar-refractivity contribution in [2.24, 2.45) is 0 Å². The predicted molar refractivity (Wildman–Crippen MR) is 45.5 cm³/mol. The lowest BCUT2D eigenvalue weighted by molar-refractivity contribution is 0.645. The van der Waals surface area contributed by atoms with Crippen LogP contribution < -0.4 is 5.32 Å². The second-order valence-electron chi connectivity index (χ2n) is 2.86. The number of hydrogen-bond donors (Lipinski definition) is 2. The lowest BCUT2D eigenvalue weighted by Gasteiger charge is -2.09. The highest BCUT2D eigenvalue weighted by Gasteiger charge is 2.11. The molecular formula is C8H15N3. The van der Waals surface area contributed by atoms with Crippen LogP contribution in [0.2, 0.25) is 0 Å². The highest BCUT2D eigenvalue weighted by molar-refractivity contribution is 5.26. The van der Waals surface area contributed by atoms with E-state index in [1.165, 1.54) is 5.56 Å². The van der Waals surface area contributed by atoms with Crippen LogP contribution in [0.1, 0.15) is 29.9 Å². The third kappa shape index (κ3) is 1.43. The topological polar surface area (TPSA) is 40.7 Å². The molecule has 0 saturated heterocycles. The molecule has 0 aliphatic rings. The molecule has 0 unspecified atom stereocenters. The molecule has 1 aromatic heterocycles. The number of aryl methyl sites for hydroxylation is 2. The minimum absolute atomic E-state index is 0.383. The maximum atomic E-state index is 4.12. The highest BCUT2D eigenvalue weighted by Crippen LogP contribution is 2.17. The molecule has 0 saturated carbocycles. The number of aromatic amines is 1. The highest BCUT2D eigenvalue weighted by atomic mass is 15.1. The van der Waals surface area contributed by atoms with Crippen LogP contribution in [0, 0.1) is 13.8 Å². The largest absolute Gasteiger partial charge is 0.313 e. The summed E-state index contributed by atoms with van der Waals surface area (Å²) in [4.78, 5) is 0. The third-order valence-corrected chi connectivity index (χ3v) is 2.05. The first-order valence-corrected chi connectivity index (χ1v) is 3.85. The van der Waals surface area contributed by atoms with Gasteiger partial charge in [-0.05, 0) is 27.8 Å². The molecule has 3 heteroatoms. The van der Waals surface area contributed by atoms with E-state index in [4.69, 9.17) is 0 Å². The maximum Gasteiger partial charge on any atom is 0.0641 e. The molecule has 0 aliphatic carbocycles. The van der Waals surface area contributed by atoms with E-state index in [0.717, 1.165) is 11.4 Å². The number of hydrogen-bond acceptors (Lipinski definition) is 2. The van der Waals surface area contributed by atoms with Crippen molar-refractivity contribution in [3.05, 3.63) is 17.0 Å². The van der Waals surface area contributed by atoms with Crippen molar-refractivity contribution in [1.29, 1.82) is 0 Å². The second kappa shape index (κ2) is 3.05. The second-order valence-corrected chi connectivity index (χ2v) is 2.86. The van der Waals surface area contributed by atoms with Gasteiger partial charge in [-0.3, -0.25) is 5.10 Å². The fraction of sp³-hybridized carbons (Fsp3) is 0.625. The molecule has 0 aromatic carbocycles. The first-order valence-electron chi connectivity index (χ1n) is 3.85. The summed E-state index contributed by atoms with van der Waals surface area (Å²) < 4.78 is 0. The molecule has 0 amide bonds. The Morgan fingerprint density at radius 1 is 1.45 bits per heavy atom. The summed E-state index contributed by atoms with van der Waals surface area (Å²) in [6.45, 7) is 6.20. The van der Waals surface area contributed by atoms with Gasteiger partial charge in [0.15, 0.2) is 0 Å². The Kier molecular flexibility index (Phi) is 2.29. The summed E-state index contributed by atoms with van der Waals surface area (Å²) in [7, 11) is 1.95. The Morgan fingerprint density at radius 2 is 2.09 bits per heavy atom. The van der Waals surface area contributed by atoms with Crippen LogP contribution in [0.3, 0.4) is 0 Å². The van der Waals surface area contributed by atoms with Gasteiger partial charge in [0.1, 0.15) is 0 Å². The fourth-order valence-corrected chi connectivity index (χ4v) is 1.34. The number of rotatable bonds is 2. The van der Waals surface area contributed by atoms with Gasteiger partial charge >= 0.3 is 0 Å². The molecule has 62 valence electrons. The van der Waals surface area contributed by atoms with Crippen LogP contribution in [-0.2, 0) is 0 Å². The number of H-pyrrole nitrogens is 1. The number of nitrogens with zero attached hydrogens (tertiary/aromatic N) is 1. The van der Waals surface area contributed by atoms with E-state index in [9.17, 15) is 0 Å². The van der Waals surface area contributed by atoms with Crippen molar-refractivity contribution < 1.29 is 0 Å². The summed E-state index contributed by atoms with van der Waals surface area (Å²) >= 11 is 0. The van der Waals surface area contributed by atoms with Crippen molar-refractivity contribution in [1.82, 2.24) is 15.5 Å². The SMILES string of the molecule is CN[C@H](C)c1c(C)n[nH]c1C. The molecule has 0 spiro atoms. The molecule has 1 aromatic rings.